The maximum Gasteiger partial charge on any atom is 0.320 e. The topological polar surface area (TPSA) is 130 Å². The van der Waals surface area contributed by atoms with E-state index in [2.05, 4.69) is 21.0 Å². The van der Waals surface area contributed by atoms with Gasteiger partial charge in [-0.2, -0.15) is 0 Å². The molecule has 2 amide bonds. The molecule has 0 bridgehead atoms. The van der Waals surface area contributed by atoms with E-state index in [1.54, 1.807) is 18.7 Å². The van der Waals surface area contributed by atoms with E-state index in [1.807, 2.05) is 30.3 Å². The van der Waals surface area contributed by atoms with Crippen molar-refractivity contribution in [2.75, 3.05) is 51.9 Å². The van der Waals surface area contributed by atoms with E-state index in [9.17, 15) is 23.8 Å². The number of rotatable bonds is 12. The molecule has 2 heterocycles. The predicted octanol–water partition coefficient (Wildman–Crippen LogP) is 2.72. The van der Waals surface area contributed by atoms with E-state index in [0.717, 1.165) is 6.07 Å². The fourth-order valence-corrected chi connectivity index (χ4v) is 4.91. The van der Waals surface area contributed by atoms with Crippen LogP contribution < -0.4 is 20.7 Å². The predicted molar refractivity (Wildman–Crippen MR) is 145 cm³/mol. The van der Waals surface area contributed by atoms with Gasteiger partial charge in [-0.3, -0.25) is 5.32 Å². The summed E-state index contributed by atoms with van der Waals surface area (Å²) < 4.78 is 40.4. The Morgan fingerprint density at radius 3 is 2.62 bits per heavy atom. The second kappa shape index (κ2) is 13.2. The van der Waals surface area contributed by atoms with Gasteiger partial charge in [-0.1, -0.05) is 24.3 Å². The molecule has 3 aromatic rings. The number of hydrogen-bond donors (Lipinski definition) is 5. The number of aromatic nitrogens is 2. The van der Waals surface area contributed by atoms with Gasteiger partial charge in [0.1, 0.15) is 5.82 Å². The monoisotopic (exact) mass is 559 g/mol. The summed E-state index contributed by atoms with van der Waals surface area (Å²) >= 11 is 0. The van der Waals surface area contributed by atoms with Crippen LogP contribution in [0.15, 0.2) is 48.5 Å². The molecule has 1 saturated heterocycles. The third kappa shape index (κ3) is 6.41. The van der Waals surface area contributed by atoms with Crippen molar-refractivity contribution in [3.05, 3.63) is 71.3 Å². The Hall–Kier alpha value is -3.58. The summed E-state index contributed by atoms with van der Waals surface area (Å²) in [5.74, 6) is -2.12. The first-order valence-electron chi connectivity index (χ1n) is 13.0. The number of aliphatic hydroxyl groups is 2. The summed E-state index contributed by atoms with van der Waals surface area (Å²) in [6, 6.07) is 12.4. The highest BCUT2D eigenvalue weighted by molar-refractivity contribution is 5.90. The molecule has 4 rings (SSSR count). The molecule has 1 aliphatic rings. The van der Waals surface area contributed by atoms with Gasteiger partial charge < -0.3 is 30.3 Å². The molecule has 2 aromatic carbocycles. The smallest absolute Gasteiger partial charge is 0.320 e. The third-order valence-electron chi connectivity index (χ3n) is 7.20. The Bertz CT molecular complexity index is 1290. The van der Waals surface area contributed by atoms with Crippen LogP contribution in [0.5, 0.6) is 5.88 Å². The van der Waals surface area contributed by atoms with E-state index in [0.29, 0.717) is 48.7 Å². The van der Waals surface area contributed by atoms with E-state index < -0.39 is 29.1 Å². The van der Waals surface area contributed by atoms with Gasteiger partial charge in [-0.05, 0) is 43.2 Å². The van der Waals surface area contributed by atoms with Crippen LogP contribution in [0.4, 0.5) is 19.4 Å². The van der Waals surface area contributed by atoms with Gasteiger partial charge in [-0.25, -0.2) is 18.3 Å². The zero-order valence-corrected chi connectivity index (χ0v) is 22.5. The third-order valence-corrected chi connectivity index (χ3v) is 7.20. The minimum atomic E-state index is -0.950. The Kier molecular flexibility index (Phi) is 9.69. The number of nitrogens with zero attached hydrogens (tertiary/aromatic N) is 2. The number of methoxy groups -OCH3 is 1. The summed E-state index contributed by atoms with van der Waals surface area (Å²) in [4.78, 5) is 13.6. The van der Waals surface area contributed by atoms with Crippen LogP contribution in [0.25, 0.3) is 5.69 Å². The van der Waals surface area contributed by atoms with Gasteiger partial charge in [-0.15, -0.1) is 5.10 Å². The van der Waals surface area contributed by atoms with Crippen molar-refractivity contribution in [3.8, 4) is 11.6 Å². The maximum atomic E-state index is 14.1. The van der Waals surface area contributed by atoms with Crippen LogP contribution >= 0.6 is 0 Å². The first-order chi connectivity index (χ1) is 19.3. The number of benzene rings is 2. The van der Waals surface area contributed by atoms with Crippen LogP contribution in [0.1, 0.15) is 23.5 Å². The minimum Gasteiger partial charge on any atom is -0.476 e. The van der Waals surface area contributed by atoms with Gasteiger partial charge in [0.2, 0.25) is 5.88 Å². The molecule has 1 aliphatic heterocycles. The zero-order chi connectivity index (χ0) is 28.7. The number of halogens is 2. The molecule has 0 radical (unpaired) electrons. The van der Waals surface area contributed by atoms with Crippen LogP contribution in [-0.4, -0.2) is 78.2 Å². The molecule has 10 nitrogen and oxygen atoms in total. The van der Waals surface area contributed by atoms with Crippen molar-refractivity contribution < 1.29 is 33.3 Å². The molecule has 12 heteroatoms. The summed E-state index contributed by atoms with van der Waals surface area (Å²) in [6.07, 6.45) is 0.419. The van der Waals surface area contributed by atoms with E-state index in [4.69, 9.17) is 9.47 Å². The van der Waals surface area contributed by atoms with Crippen LogP contribution in [0.2, 0.25) is 0 Å². The maximum absolute atomic E-state index is 14.1. The van der Waals surface area contributed by atoms with Crippen LogP contribution in [-0.2, 0) is 4.74 Å². The SMILES string of the molecule is COCC[C@@]1(NC(=O)Nc2c(C)c(OCC(CO)CO)nn2-c2ccccc2)CNC[C@H]1c1ccc(F)c(F)c1. The number of aliphatic hydroxyl groups excluding tert-OH is 2. The molecular formula is C28H35F2N5O5. The lowest BCUT2D eigenvalue weighted by Crippen LogP contribution is -2.55. The molecule has 0 spiro atoms. The highest BCUT2D eigenvalue weighted by Gasteiger charge is 2.45. The average Bonchev–Trinajstić information content (AvgIpc) is 3.51. The highest BCUT2D eigenvalue weighted by Crippen LogP contribution is 2.36. The van der Waals surface area contributed by atoms with Crippen molar-refractivity contribution in [1.82, 2.24) is 20.4 Å². The minimum absolute atomic E-state index is 0.0347. The Labute approximate surface area is 231 Å². The van der Waals surface area contributed by atoms with Gasteiger partial charge in [0.15, 0.2) is 11.6 Å². The molecule has 0 unspecified atom stereocenters. The van der Waals surface area contributed by atoms with Crippen molar-refractivity contribution in [2.24, 2.45) is 5.92 Å². The first kappa shape index (κ1) is 29.4. The second-order valence-corrected chi connectivity index (χ2v) is 9.90. The molecule has 0 saturated carbocycles. The number of hydrogen-bond acceptors (Lipinski definition) is 7. The summed E-state index contributed by atoms with van der Waals surface area (Å²) in [5.41, 5.74) is 0.919. The Morgan fingerprint density at radius 1 is 1.20 bits per heavy atom. The van der Waals surface area contributed by atoms with Crippen molar-refractivity contribution >= 4 is 11.8 Å². The van der Waals surface area contributed by atoms with Gasteiger partial charge >= 0.3 is 6.03 Å². The summed E-state index contributed by atoms with van der Waals surface area (Å²) in [7, 11) is 1.56. The number of urea groups is 1. The van der Waals surface area contributed by atoms with E-state index in [1.165, 1.54) is 12.1 Å². The summed E-state index contributed by atoms with van der Waals surface area (Å²) in [6.45, 7) is 2.45. The van der Waals surface area contributed by atoms with Crippen molar-refractivity contribution in [3.63, 3.8) is 0 Å². The lowest BCUT2D eigenvalue weighted by atomic mass is 9.79. The fraction of sp³-hybridized carbons (Fsp3) is 0.429. The number of anilines is 1. The Balaban J connectivity index is 1.63. The van der Waals surface area contributed by atoms with Crippen molar-refractivity contribution in [2.45, 2.75) is 24.8 Å². The van der Waals surface area contributed by atoms with Crippen LogP contribution in [0, 0.1) is 24.5 Å². The quantitative estimate of drug-likeness (QED) is 0.231. The van der Waals surface area contributed by atoms with E-state index >= 15 is 0 Å². The molecule has 1 fully saturated rings. The molecular weight excluding hydrogens is 524 g/mol. The lowest BCUT2D eigenvalue weighted by molar-refractivity contribution is 0.104. The highest BCUT2D eigenvalue weighted by atomic mass is 19.2. The standard InChI is InChI=1S/C28H35F2N5O5/c1-18-25(35(21-6-4-3-5-7-21)34-26(18)40-16-19(14-36)15-37)32-27(38)33-28(10-11-39-2)17-31-13-22(28)20-8-9-23(29)24(30)12-20/h3-9,12,19,22,31,36-37H,10-11,13-17H2,1-2H3,(H2,32,33,38)/t22-,28+/m0/s1. The molecule has 5 N–H and O–H groups in total. The first-order valence-corrected chi connectivity index (χ1v) is 13.0. The van der Waals surface area contributed by atoms with Gasteiger partial charge in [0.25, 0.3) is 0 Å². The van der Waals surface area contributed by atoms with Gasteiger partial charge in [0.05, 0.1) is 36.6 Å². The summed E-state index contributed by atoms with van der Waals surface area (Å²) in [5, 5.41) is 32.6. The molecule has 0 aliphatic carbocycles. The number of carbonyl (C=O) groups is 1. The normalized spacial score (nSPS) is 18.7. The van der Waals surface area contributed by atoms with Crippen LogP contribution in [0.3, 0.4) is 0 Å². The molecule has 40 heavy (non-hydrogen) atoms. The molecule has 2 atom stereocenters. The number of ether oxygens (including phenoxy) is 2. The largest absolute Gasteiger partial charge is 0.476 e. The van der Waals surface area contributed by atoms with Crippen molar-refractivity contribution in [1.29, 1.82) is 0 Å². The van der Waals surface area contributed by atoms with E-state index in [-0.39, 0.29) is 31.6 Å². The Morgan fingerprint density at radius 2 is 1.95 bits per heavy atom. The average molecular weight is 560 g/mol. The lowest BCUT2D eigenvalue weighted by Gasteiger charge is -2.36. The van der Waals surface area contributed by atoms with Gasteiger partial charge in [0, 0.05) is 38.6 Å². The molecule has 1 aromatic heterocycles. The number of para-hydroxylation sites is 1. The number of carbonyl (C=O) groups excluding carboxylic acids is 1. The number of amides is 2. The number of nitrogens with one attached hydrogen (secondary N) is 3. The zero-order valence-electron chi connectivity index (χ0n) is 22.5. The second-order valence-electron chi connectivity index (χ2n) is 9.90. The molecule has 216 valence electrons. The fourth-order valence-electron chi connectivity index (χ4n) is 4.91.